The van der Waals surface area contributed by atoms with Gasteiger partial charge in [-0.15, -0.1) is 23.1 Å². The van der Waals surface area contributed by atoms with Gasteiger partial charge in [0, 0.05) is 23.5 Å². The molecule has 0 bridgehead atoms. The van der Waals surface area contributed by atoms with Crippen LogP contribution < -0.4 is 4.74 Å². The van der Waals surface area contributed by atoms with Crippen molar-refractivity contribution in [3.05, 3.63) is 81.7 Å². The zero-order valence-electron chi connectivity index (χ0n) is 22.8. The maximum atomic E-state index is 14.6. The molecule has 5 rings (SSSR count). The van der Waals surface area contributed by atoms with Crippen LogP contribution in [0, 0.1) is 23.5 Å². The third kappa shape index (κ3) is 5.88. The number of rotatable bonds is 8. The van der Waals surface area contributed by atoms with E-state index in [4.69, 9.17) is 16.3 Å². The van der Waals surface area contributed by atoms with Gasteiger partial charge in [-0.05, 0) is 72.4 Å². The van der Waals surface area contributed by atoms with Gasteiger partial charge >= 0.3 is 0 Å². The Morgan fingerprint density at radius 2 is 1.80 bits per heavy atom. The lowest BCUT2D eigenvalue weighted by Gasteiger charge is -2.32. The molecule has 0 unspecified atom stereocenters. The maximum Gasteiger partial charge on any atom is 0.265 e. The summed E-state index contributed by atoms with van der Waals surface area (Å²) in [5.74, 6) is 0.161. The van der Waals surface area contributed by atoms with Gasteiger partial charge in [0.25, 0.3) is 5.91 Å². The van der Waals surface area contributed by atoms with Gasteiger partial charge in [0.15, 0.2) is 0 Å². The number of methoxy groups -OCH3 is 1. The molecular formula is C32H32ClF2NO2S2. The highest BCUT2D eigenvalue weighted by Gasteiger charge is 2.29. The molecule has 0 aliphatic heterocycles. The zero-order chi connectivity index (χ0) is 28.4. The second kappa shape index (κ2) is 12.5. The maximum absolute atomic E-state index is 14.6. The number of carbonyl (C=O) groups is 1. The Morgan fingerprint density at radius 1 is 1.07 bits per heavy atom. The Labute approximate surface area is 247 Å². The molecule has 3 nitrogen and oxygen atoms in total. The summed E-state index contributed by atoms with van der Waals surface area (Å²) in [4.78, 5) is 17.2. The van der Waals surface area contributed by atoms with E-state index in [2.05, 4.69) is 31.4 Å². The van der Waals surface area contributed by atoms with Crippen LogP contribution in [0.2, 0.25) is 5.02 Å². The lowest BCUT2D eigenvalue weighted by atomic mass is 9.82. The van der Waals surface area contributed by atoms with Crippen LogP contribution in [0.4, 0.5) is 8.78 Å². The van der Waals surface area contributed by atoms with Crippen LogP contribution in [-0.4, -0.2) is 30.7 Å². The van der Waals surface area contributed by atoms with Crippen molar-refractivity contribution in [3.63, 3.8) is 0 Å². The van der Waals surface area contributed by atoms with Crippen LogP contribution in [0.25, 0.3) is 21.2 Å². The normalized spacial score (nSPS) is 17.2. The lowest BCUT2D eigenvalue weighted by molar-refractivity contribution is 0.0696. The predicted molar refractivity (Wildman–Crippen MR) is 163 cm³/mol. The fourth-order valence-corrected chi connectivity index (χ4v) is 7.72. The Balaban J connectivity index is 1.54. The predicted octanol–water partition coefficient (Wildman–Crippen LogP) is 9.70. The topological polar surface area (TPSA) is 29.5 Å². The van der Waals surface area contributed by atoms with E-state index >= 15 is 0 Å². The molecule has 1 aliphatic carbocycles. The molecular weight excluding hydrogens is 568 g/mol. The van der Waals surface area contributed by atoms with Crippen LogP contribution in [-0.2, 0) is 6.54 Å². The van der Waals surface area contributed by atoms with E-state index in [9.17, 15) is 13.6 Å². The summed E-state index contributed by atoms with van der Waals surface area (Å²) in [6.07, 6.45) is 6.36. The molecule has 0 saturated heterocycles. The highest BCUT2D eigenvalue weighted by atomic mass is 35.5. The van der Waals surface area contributed by atoms with E-state index < -0.39 is 11.6 Å². The smallest absolute Gasteiger partial charge is 0.265 e. The van der Waals surface area contributed by atoms with Crippen LogP contribution in [0.1, 0.15) is 47.8 Å². The Morgan fingerprint density at radius 3 is 2.50 bits per heavy atom. The minimum Gasteiger partial charge on any atom is -0.496 e. The first-order chi connectivity index (χ1) is 19.3. The number of fused-ring (bicyclic) bond motifs is 1. The van der Waals surface area contributed by atoms with Gasteiger partial charge in [0.1, 0.15) is 22.3 Å². The molecule has 1 aromatic heterocycles. The number of hydrogen-bond acceptors (Lipinski definition) is 4. The number of thiophene rings is 1. The molecule has 1 saturated carbocycles. The van der Waals surface area contributed by atoms with Gasteiger partial charge in [-0.3, -0.25) is 4.79 Å². The molecule has 4 aromatic rings. The first kappa shape index (κ1) is 28.9. The van der Waals surface area contributed by atoms with Gasteiger partial charge in [-0.1, -0.05) is 55.6 Å². The van der Waals surface area contributed by atoms with Gasteiger partial charge in [-0.2, -0.15) is 0 Å². The summed E-state index contributed by atoms with van der Waals surface area (Å²) in [5, 5.41) is -0.0615. The third-order valence-electron chi connectivity index (χ3n) is 7.84. The van der Waals surface area contributed by atoms with Crippen LogP contribution in [0.3, 0.4) is 0 Å². The number of amides is 1. The molecule has 1 aliphatic rings. The third-order valence-corrected chi connectivity index (χ3v) is 10.3. The molecule has 1 amide bonds. The average Bonchev–Trinajstić information content (AvgIpc) is 3.33. The molecule has 8 heteroatoms. The molecule has 0 N–H and O–H groups in total. The van der Waals surface area contributed by atoms with Crippen molar-refractivity contribution >= 4 is 50.7 Å². The van der Waals surface area contributed by atoms with E-state index in [1.54, 1.807) is 23.8 Å². The summed E-state index contributed by atoms with van der Waals surface area (Å²) in [7, 11) is 1.62. The minimum atomic E-state index is -0.633. The highest BCUT2D eigenvalue weighted by molar-refractivity contribution is 7.98. The van der Waals surface area contributed by atoms with Crippen molar-refractivity contribution in [1.82, 2.24) is 4.90 Å². The zero-order valence-corrected chi connectivity index (χ0v) is 25.2. The first-order valence-electron chi connectivity index (χ1n) is 13.5. The Hall–Kier alpha value is -2.61. The SMILES string of the molecule is COc1ccc(-c2ccccc2SC)cc1CN(CC1CCC(C)CC1)C(=O)c1sc2c(F)ccc(F)c2c1Cl. The summed E-state index contributed by atoms with van der Waals surface area (Å²) in [6, 6.07) is 16.4. The summed E-state index contributed by atoms with van der Waals surface area (Å²) >= 11 is 9.16. The lowest BCUT2D eigenvalue weighted by Crippen LogP contribution is -2.36. The molecule has 0 spiro atoms. The quantitative estimate of drug-likeness (QED) is 0.189. The van der Waals surface area contributed by atoms with Crippen molar-refractivity contribution in [2.45, 2.75) is 44.0 Å². The number of hydrogen-bond donors (Lipinski definition) is 0. The standard InChI is InChI=1S/C32H32ClF2NO2S2/c1-19-8-10-20(11-9-19)17-36(32(37)31-29(33)28-24(34)13-14-25(35)30(28)40-31)18-22-16-21(12-15-26(22)38-2)23-6-4-5-7-27(23)39-3/h4-7,12-16,19-20H,8-11,17-18H2,1-3H3. The number of halogens is 3. The average molecular weight is 600 g/mol. The first-order valence-corrected chi connectivity index (χ1v) is 15.9. The van der Waals surface area contributed by atoms with Gasteiger partial charge < -0.3 is 9.64 Å². The minimum absolute atomic E-state index is 0.0288. The fourth-order valence-electron chi connectivity index (χ4n) is 5.58. The second-order valence-corrected chi connectivity index (χ2v) is 12.8. The van der Waals surface area contributed by atoms with Crippen LogP contribution >= 0.6 is 34.7 Å². The van der Waals surface area contributed by atoms with Gasteiger partial charge in [-0.25, -0.2) is 8.78 Å². The fraction of sp³-hybridized carbons (Fsp3) is 0.344. The highest BCUT2D eigenvalue weighted by Crippen LogP contribution is 2.40. The molecule has 40 heavy (non-hydrogen) atoms. The Bertz CT molecular complexity index is 1530. The van der Waals surface area contributed by atoms with Crippen molar-refractivity contribution in [2.75, 3.05) is 19.9 Å². The van der Waals surface area contributed by atoms with Gasteiger partial charge in [0.05, 0.1) is 22.2 Å². The molecule has 0 radical (unpaired) electrons. The largest absolute Gasteiger partial charge is 0.496 e. The summed E-state index contributed by atoms with van der Waals surface area (Å²) < 4.78 is 35.0. The number of ether oxygens (including phenoxy) is 1. The van der Waals surface area contributed by atoms with Crippen LogP contribution in [0.15, 0.2) is 59.5 Å². The second-order valence-electron chi connectivity index (χ2n) is 10.5. The van der Waals surface area contributed by atoms with E-state index in [0.29, 0.717) is 30.7 Å². The number of nitrogens with zero attached hydrogens (tertiary/aromatic N) is 1. The van der Waals surface area contributed by atoms with Crippen molar-refractivity contribution in [3.8, 4) is 16.9 Å². The molecule has 1 fully saturated rings. The van der Waals surface area contributed by atoms with E-state index in [-0.39, 0.29) is 25.9 Å². The van der Waals surface area contributed by atoms with E-state index in [1.165, 1.54) is 0 Å². The number of benzene rings is 3. The van der Waals surface area contributed by atoms with Crippen molar-refractivity contribution < 1.29 is 18.3 Å². The molecule has 3 aromatic carbocycles. The van der Waals surface area contributed by atoms with Crippen LogP contribution in [0.5, 0.6) is 5.75 Å². The summed E-state index contributed by atoms with van der Waals surface area (Å²) in [5.41, 5.74) is 3.00. The van der Waals surface area contributed by atoms with Gasteiger partial charge in [0.2, 0.25) is 0 Å². The number of thioether (sulfide) groups is 1. The molecule has 210 valence electrons. The monoisotopic (exact) mass is 599 g/mol. The van der Waals surface area contributed by atoms with E-state index in [0.717, 1.165) is 70.7 Å². The Kier molecular flexibility index (Phi) is 9.03. The number of carbonyl (C=O) groups excluding carboxylic acids is 1. The van der Waals surface area contributed by atoms with Crippen molar-refractivity contribution in [2.24, 2.45) is 11.8 Å². The molecule has 0 atom stereocenters. The van der Waals surface area contributed by atoms with E-state index in [1.807, 2.05) is 24.3 Å². The van der Waals surface area contributed by atoms with Crippen molar-refractivity contribution in [1.29, 1.82) is 0 Å². The molecule has 1 heterocycles. The summed E-state index contributed by atoms with van der Waals surface area (Å²) in [6.45, 7) is 3.09.